The van der Waals surface area contributed by atoms with Gasteiger partial charge in [-0.05, 0) is 326 Å². The Morgan fingerprint density at radius 2 is 0.694 bits per heavy atom. The van der Waals surface area contributed by atoms with E-state index in [9.17, 15) is 50.4 Å². The predicted molar refractivity (Wildman–Crippen MR) is 375 cm³/mol. The molecule has 16 nitrogen and oxygen atoms in total. The third-order valence-corrected chi connectivity index (χ3v) is 29.6. The molecule has 8 fully saturated rings. The molecule has 536 valence electrons. The molecule has 0 saturated heterocycles. The zero-order valence-electron chi connectivity index (χ0n) is 59.5. The van der Waals surface area contributed by atoms with E-state index in [4.69, 9.17) is 18.9 Å². The van der Waals surface area contributed by atoms with Crippen molar-refractivity contribution in [3.63, 3.8) is 0 Å². The summed E-state index contributed by atoms with van der Waals surface area (Å²) < 4.78 is 20.6. The summed E-state index contributed by atoms with van der Waals surface area (Å²) in [4.78, 5) is 23.2. The maximum Gasteiger partial charge on any atom is 0.406 e. The van der Waals surface area contributed by atoms with Crippen molar-refractivity contribution in [1.82, 2.24) is 10.6 Å². The maximum atomic E-state index is 11.6. The highest BCUT2D eigenvalue weighted by Gasteiger charge is 2.60. The van der Waals surface area contributed by atoms with Gasteiger partial charge in [-0.2, -0.15) is 0 Å². The van der Waals surface area contributed by atoms with E-state index in [1.807, 2.05) is 36.4 Å². The summed E-state index contributed by atoms with van der Waals surface area (Å²) in [6.07, 6.45) is 20.8. The molecule has 4 aromatic carbocycles. The molecule has 0 bridgehead atoms. The summed E-state index contributed by atoms with van der Waals surface area (Å²) in [5, 5.41) is 87.7. The summed E-state index contributed by atoms with van der Waals surface area (Å²) in [5.41, 5.74) is 10.5. The van der Waals surface area contributed by atoms with Crippen LogP contribution in [0.15, 0.2) is 72.8 Å². The first kappa shape index (κ1) is 70.8. The number of benzene rings is 4. The first-order chi connectivity index (χ1) is 47.0. The van der Waals surface area contributed by atoms with E-state index in [-0.39, 0.29) is 75.5 Å². The van der Waals surface area contributed by atoms with Gasteiger partial charge in [-0.25, -0.2) is 9.59 Å². The zero-order valence-corrected chi connectivity index (χ0v) is 59.5. The minimum Gasteiger partial charge on any atom is -0.508 e. The second-order valence-electron chi connectivity index (χ2n) is 33.6. The minimum atomic E-state index is -0.418. The zero-order chi connectivity index (χ0) is 69.3. The van der Waals surface area contributed by atoms with Gasteiger partial charge in [-0.15, -0.1) is 0 Å². The first-order valence-corrected chi connectivity index (χ1v) is 37.6. The number of aromatic hydroxyl groups is 4. The Balaban J connectivity index is 0.000000118. The van der Waals surface area contributed by atoms with E-state index in [1.165, 1.54) is 66.9 Å². The standard InChI is InChI=1S/2C21H29NO4.C21H30O3.C19H26O3/c2*1-21-8-7-15-14-4-3-13(23)10-16(14)12(11-22-20(25)26-2)9-17(15)18(21)5-6-19(21)24;1-21-9-7-16-15-4-3-14(22)12-17(15)13(8-10-24-2)11-18(16)19(21)5-6-20(21)23;1-19-8-7-13-12-4-3-11(20)9-15(12)17(22-2)10-14(13)16(19)5-6-18(19)21/h2*3-4,10,12,15,17-19,23-24H,5-9,11H2,1-2H3,(H,22,25);3-4,12-13,16,18-20,22-23H,5-11H2,1-2H3;3-4,9,13-14,16-18,20-21H,5-8,10H2,1-2H3/t12-,15+,17+,18-,19-,21-;12-,15-,17-,18+,19+,21+;13-,16-,18-,19+,20+,21+;13-,14-,16+,17-,18+,19+/m0111/s1. The van der Waals surface area contributed by atoms with Crippen LogP contribution >= 0.6 is 0 Å². The molecule has 24 atom stereocenters. The Morgan fingerprint density at radius 1 is 0.398 bits per heavy atom. The fraction of sp³-hybridized carbons (Fsp3) is 0.683. The Labute approximate surface area is 581 Å². The molecule has 0 unspecified atom stereocenters. The number of phenols is 4. The lowest BCUT2D eigenvalue weighted by Gasteiger charge is -2.51. The fourth-order valence-corrected chi connectivity index (χ4v) is 24.3. The van der Waals surface area contributed by atoms with E-state index < -0.39 is 12.2 Å². The van der Waals surface area contributed by atoms with E-state index in [0.717, 1.165) is 133 Å². The molecule has 12 aliphatic rings. The molecule has 0 aromatic heterocycles. The smallest absolute Gasteiger partial charge is 0.406 e. The number of phenolic OH excluding ortho intramolecular Hbond substituents is 4. The molecule has 4 aromatic rings. The second kappa shape index (κ2) is 28.3. The van der Waals surface area contributed by atoms with Gasteiger partial charge in [0.2, 0.25) is 0 Å². The molecule has 0 heterocycles. The Bertz CT molecular complexity index is 3390. The monoisotopic (exact) mass is 1350 g/mol. The lowest BCUT2D eigenvalue weighted by Crippen LogP contribution is -2.45. The summed E-state index contributed by atoms with van der Waals surface area (Å²) >= 11 is 0. The molecule has 12 aliphatic carbocycles. The number of aliphatic hydroxyl groups is 4. The quantitative estimate of drug-likeness (QED) is 0.0788. The van der Waals surface area contributed by atoms with Crippen LogP contribution in [0.1, 0.15) is 255 Å². The van der Waals surface area contributed by atoms with Crippen LogP contribution in [0.2, 0.25) is 0 Å². The van der Waals surface area contributed by atoms with Crippen molar-refractivity contribution in [2.24, 2.45) is 69.0 Å². The highest BCUT2D eigenvalue weighted by molar-refractivity contribution is 5.67. The van der Waals surface area contributed by atoms with Gasteiger partial charge in [0.15, 0.2) is 0 Å². The summed E-state index contributed by atoms with van der Waals surface area (Å²) in [5.74, 6) is 8.80. The van der Waals surface area contributed by atoms with Gasteiger partial charge < -0.3 is 70.4 Å². The van der Waals surface area contributed by atoms with Crippen LogP contribution in [0.25, 0.3) is 0 Å². The number of amides is 2. The van der Waals surface area contributed by atoms with Crippen LogP contribution in [-0.4, -0.2) is 126 Å². The highest BCUT2D eigenvalue weighted by Crippen LogP contribution is 2.67. The van der Waals surface area contributed by atoms with Crippen LogP contribution in [0.5, 0.6) is 23.0 Å². The summed E-state index contributed by atoms with van der Waals surface area (Å²) in [6.45, 7) is 10.9. The lowest BCUT2D eigenvalue weighted by molar-refractivity contribution is -0.0432. The summed E-state index contributed by atoms with van der Waals surface area (Å²) in [6, 6.07) is 23.2. The van der Waals surface area contributed by atoms with Gasteiger partial charge >= 0.3 is 12.2 Å². The summed E-state index contributed by atoms with van der Waals surface area (Å²) in [7, 11) is 6.28. The number of rotatable bonds is 8. The molecule has 10 N–H and O–H groups in total. The topological polar surface area (TPSA) is 257 Å². The SMILES string of the molecule is COC(=O)NC[C@@H]1C[C@@H]2[C@H](CC[C@]3(C)[C@@H](O)CC[C@@H]23)c2ccc(O)cc21.COC(=O)NC[C@H]1C[C@@H]2[C@H](CC[C@]3(C)[C@@H](O)CC[C@@H]23)c2ccc(O)cc21.COCC[C@@H]1C[C@@H]2[C@H](CC[C@]3(C)[C@@H](O)CC[C@@H]23)c2ccc(O)cc21.CO[C@@H]1C[C@@H]2[C@H](CC[C@]3(C)[C@@H](O)CC[C@@H]23)c2ccc(O)cc21. The number of carbonyl (C=O) groups excluding carboxylic acids is 2. The Hall–Kier alpha value is -5.62. The van der Waals surface area contributed by atoms with Crippen LogP contribution < -0.4 is 10.6 Å². The molecule has 8 saturated carbocycles. The predicted octanol–water partition coefficient (Wildman–Crippen LogP) is 15.0. The number of fused-ring (bicyclic) bond motifs is 20. The molecular formula is C82H114N2O14. The average Bonchev–Trinajstić information content (AvgIpc) is 1.44. The van der Waals surface area contributed by atoms with Crippen molar-refractivity contribution in [2.75, 3.05) is 48.1 Å². The molecule has 16 heteroatoms. The second-order valence-corrected chi connectivity index (χ2v) is 33.6. The highest BCUT2D eigenvalue weighted by atomic mass is 16.5. The van der Waals surface area contributed by atoms with Crippen molar-refractivity contribution in [2.45, 2.75) is 234 Å². The Kier molecular flexibility index (Phi) is 20.5. The normalized spacial score (nSPS) is 39.9. The van der Waals surface area contributed by atoms with Gasteiger partial charge in [0.05, 0.1) is 44.7 Å². The van der Waals surface area contributed by atoms with Crippen LogP contribution in [0.3, 0.4) is 0 Å². The van der Waals surface area contributed by atoms with Gasteiger partial charge in [0.25, 0.3) is 0 Å². The van der Waals surface area contributed by atoms with Crippen LogP contribution in [-0.2, 0) is 18.9 Å². The first-order valence-electron chi connectivity index (χ1n) is 37.6. The number of ether oxygens (including phenoxy) is 4. The van der Waals surface area contributed by atoms with Crippen molar-refractivity contribution in [3.8, 4) is 23.0 Å². The van der Waals surface area contributed by atoms with E-state index >= 15 is 0 Å². The van der Waals surface area contributed by atoms with Crippen LogP contribution in [0, 0.1) is 69.0 Å². The van der Waals surface area contributed by atoms with Crippen molar-refractivity contribution in [3.05, 3.63) is 117 Å². The lowest BCUT2D eigenvalue weighted by atomic mass is 9.53. The largest absolute Gasteiger partial charge is 0.508 e. The van der Waals surface area contributed by atoms with Gasteiger partial charge in [-0.1, -0.05) is 52.0 Å². The number of alkyl carbamates (subject to hydrolysis) is 2. The number of hydrogen-bond donors (Lipinski definition) is 10. The average molecular weight is 1350 g/mol. The number of aliphatic hydroxyl groups excluding tert-OH is 4. The van der Waals surface area contributed by atoms with Gasteiger partial charge in [0.1, 0.15) is 23.0 Å². The van der Waals surface area contributed by atoms with Crippen molar-refractivity contribution < 1.29 is 69.4 Å². The van der Waals surface area contributed by atoms with Crippen LogP contribution in [0.4, 0.5) is 9.59 Å². The number of methoxy groups -OCH3 is 4. The molecule has 98 heavy (non-hydrogen) atoms. The minimum absolute atomic E-state index is 0.0237. The molecule has 2 amide bonds. The molecule has 0 radical (unpaired) electrons. The van der Waals surface area contributed by atoms with Gasteiger partial charge in [-0.3, -0.25) is 0 Å². The number of nitrogens with one attached hydrogen (secondary N) is 2. The van der Waals surface area contributed by atoms with E-state index in [0.29, 0.717) is 102 Å². The molecular weight excluding hydrogens is 1240 g/mol. The van der Waals surface area contributed by atoms with Crippen molar-refractivity contribution >= 4 is 12.2 Å². The fourth-order valence-electron chi connectivity index (χ4n) is 24.3. The third-order valence-electron chi connectivity index (χ3n) is 29.6. The molecule has 0 aliphatic heterocycles. The van der Waals surface area contributed by atoms with Crippen molar-refractivity contribution in [1.29, 1.82) is 0 Å². The molecule has 16 rings (SSSR count). The number of hydrogen-bond acceptors (Lipinski definition) is 14. The van der Waals surface area contributed by atoms with E-state index in [2.05, 4.69) is 62.6 Å². The van der Waals surface area contributed by atoms with Gasteiger partial charge in [0, 0.05) is 45.8 Å². The maximum absolute atomic E-state index is 11.6. The number of carbonyl (C=O) groups is 2. The Morgan fingerprint density at radius 3 is 1.01 bits per heavy atom. The molecule has 0 spiro atoms. The third kappa shape index (κ3) is 12.7. The van der Waals surface area contributed by atoms with E-state index in [1.54, 1.807) is 26.4 Å².